The van der Waals surface area contributed by atoms with Crippen LogP contribution in [0, 0.1) is 0 Å². The fourth-order valence-electron chi connectivity index (χ4n) is 2.07. The van der Waals surface area contributed by atoms with Gasteiger partial charge in [-0.25, -0.2) is 9.78 Å². The summed E-state index contributed by atoms with van der Waals surface area (Å²) < 4.78 is 0. The molecule has 0 fully saturated rings. The average molecular weight is 319 g/mol. The van der Waals surface area contributed by atoms with Crippen LogP contribution in [-0.2, 0) is 6.54 Å². The van der Waals surface area contributed by atoms with Crippen LogP contribution in [0.4, 0.5) is 22.0 Å². The molecule has 0 spiro atoms. The Hall–Kier alpha value is -3.41. The van der Waals surface area contributed by atoms with Crippen LogP contribution >= 0.6 is 0 Å². The van der Waals surface area contributed by atoms with Gasteiger partial charge < -0.3 is 16.0 Å². The van der Waals surface area contributed by atoms with Gasteiger partial charge in [0, 0.05) is 11.9 Å². The van der Waals surface area contributed by atoms with E-state index in [1.165, 1.54) is 0 Å². The highest BCUT2D eigenvalue weighted by Gasteiger charge is 2.03. The van der Waals surface area contributed by atoms with E-state index in [0.29, 0.717) is 12.2 Å². The van der Waals surface area contributed by atoms with Gasteiger partial charge in [0.1, 0.15) is 5.82 Å². The molecule has 6 heteroatoms. The highest BCUT2D eigenvalue weighted by molar-refractivity contribution is 5.99. The fraction of sp³-hybridized carbons (Fsp3) is 0.0556. The summed E-state index contributed by atoms with van der Waals surface area (Å²) in [4.78, 5) is 20.4. The van der Waals surface area contributed by atoms with Gasteiger partial charge in [0.05, 0.1) is 24.1 Å². The fourth-order valence-corrected chi connectivity index (χ4v) is 2.07. The molecular weight excluding hydrogens is 302 g/mol. The minimum Gasteiger partial charge on any atom is -0.364 e. The van der Waals surface area contributed by atoms with Crippen molar-refractivity contribution in [3.63, 3.8) is 0 Å². The summed E-state index contributed by atoms with van der Waals surface area (Å²) >= 11 is 0. The van der Waals surface area contributed by atoms with Crippen molar-refractivity contribution in [2.24, 2.45) is 0 Å². The van der Waals surface area contributed by atoms with Crippen LogP contribution in [0.1, 0.15) is 5.69 Å². The number of hydrogen-bond donors (Lipinski definition) is 3. The molecule has 0 saturated carbocycles. The standard InChI is InChI=1S/C18H17N5O/c24-18(22-14-6-2-1-3-7-14)23-16-9-10-17(21-13-16)20-12-15-8-4-5-11-19-15/h1-11,13H,12H2,(H,20,21)(H2,22,23,24). The second kappa shape index (κ2) is 7.73. The van der Waals surface area contributed by atoms with Gasteiger partial charge in [0.15, 0.2) is 0 Å². The molecule has 2 aromatic heterocycles. The molecule has 24 heavy (non-hydrogen) atoms. The van der Waals surface area contributed by atoms with Crippen molar-refractivity contribution in [3.8, 4) is 0 Å². The molecule has 0 radical (unpaired) electrons. The molecule has 0 aliphatic heterocycles. The lowest BCUT2D eigenvalue weighted by molar-refractivity contribution is 0.262. The minimum atomic E-state index is -0.308. The zero-order valence-electron chi connectivity index (χ0n) is 12.9. The summed E-state index contributed by atoms with van der Waals surface area (Å²) in [5, 5.41) is 8.67. The largest absolute Gasteiger partial charge is 0.364 e. The molecule has 6 nitrogen and oxygen atoms in total. The van der Waals surface area contributed by atoms with E-state index >= 15 is 0 Å². The first kappa shape index (κ1) is 15.5. The maximum absolute atomic E-state index is 11.9. The first-order valence-corrected chi connectivity index (χ1v) is 7.52. The van der Waals surface area contributed by atoms with Crippen molar-refractivity contribution < 1.29 is 4.79 Å². The van der Waals surface area contributed by atoms with Crippen molar-refractivity contribution in [3.05, 3.63) is 78.8 Å². The SMILES string of the molecule is O=C(Nc1ccccc1)Nc1ccc(NCc2ccccn2)nc1. The Kier molecular flexibility index (Phi) is 4.99. The van der Waals surface area contributed by atoms with Crippen LogP contribution < -0.4 is 16.0 Å². The molecule has 3 rings (SSSR count). The van der Waals surface area contributed by atoms with Crippen molar-refractivity contribution in [1.29, 1.82) is 0 Å². The van der Waals surface area contributed by atoms with Gasteiger partial charge in [-0.15, -0.1) is 0 Å². The Morgan fingerprint density at radius 2 is 1.62 bits per heavy atom. The summed E-state index contributed by atoms with van der Waals surface area (Å²) in [6.07, 6.45) is 3.36. The van der Waals surface area contributed by atoms with Crippen molar-refractivity contribution >= 4 is 23.2 Å². The number of benzene rings is 1. The lowest BCUT2D eigenvalue weighted by Crippen LogP contribution is -2.19. The molecule has 0 atom stereocenters. The first-order valence-electron chi connectivity index (χ1n) is 7.52. The first-order chi connectivity index (χ1) is 11.8. The Balaban J connectivity index is 1.51. The zero-order chi connectivity index (χ0) is 16.6. The molecule has 2 heterocycles. The number of anilines is 3. The topological polar surface area (TPSA) is 78.9 Å². The molecule has 120 valence electrons. The Morgan fingerprint density at radius 3 is 2.33 bits per heavy atom. The van der Waals surface area contributed by atoms with Crippen molar-refractivity contribution in [2.75, 3.05) is 16.0 Å². The summed E-state index contributed by atoms with van der Waals surface area (Å²) in [6.45, 7) is 0.592. The van der Waals surface area contributed by atoms with Gasteiger partial charge >= 0.3 is 6.03 Å². The maximum atomic E-state index is 11.9. The normalized spacial score (nSPS) is 10.0. The lowest BCUT2D eigenvalue weighted by atomic mass is 10.3. The number of para-hydroxylation sites is 1. The summed E-state index contributed by atoms with van der Waals surface area (Å²) in [7, 11) is 0. The van der Waals surface area contributed by atoms with Gasteiger partial charge in [-0.1, -0.05) is 24.3 Å². The third kappa shape index (κ3) is 4.54. The van der Waals surface area contributed by atoms with E-state index < -0.39 is 0 Å². The van der Waals surface area contributed by atoms with Crippen molar-refractivity contribution in [2.45, 2.75) is 6.54 Å². The Labute approximate surface area is 140 Å². The molecule has 0 aliphatic rings. The van der Waals surface area contributed by atoms with E-state index in [1.54, 1.807) is 24.5 Å². The third-order valence-electron chi connectivity index (χ3n) is 3.23. The maximum Gasteiger partial charge on any atom is 0.323 e. The highest BCUT2D eigenvalue weighted by atomic mass is 16.2. The zero-order valence-corrected chi connectivity index (χ0v) is 12.9. The van der Waals surface area contributed by atoms with Crippen molar-refractivity contribution in [1.82, 2.24) is 9.97 Å². The Morgan fingerprint density at radius 1 is 0.833 bits per heavy atom. The van der Waals surface area contributed by atoms with Crippen LogP contribution in [-0.4, -0.2) is 16.0 Å². The van der Waals surface area contributed by atoms with Crippen LogP contribution in [0.25, 0.3) is 0 Å². The molecule has 0 aliphatic carbocycles. The Bertz CT molecular complexity index is 776. The molecule has 3 aromatic rings. The predicted octanol–water partition coefficient (Wildman–Crippen LogP) is 3.73. The van der Waals surface area contributed by atoms with E-state index in [4.69, 9.17) is 0 Å². The number of carbonyl (C=O) groups excluding carboxylic acids is 1. The second-order valence-electron chi connectivity index (χ2n) is 5.05. The third-order valence-corrected chi connectivity index (χ3v) is 3.23. The lowest BCUT2D eigenvalue weighted by Gasteiger charge is -2.09. The van der Waals surface area contributed by atoms with E-state index in [9.17, 15) is 4.79 Å². The minimum absolute atomic E-state index is 0.308. The number of aromatic nitrogens is 2. The quantitative estimate of drug-likeness (QED) is 0.669. The molecular formula is C18H17N5O. The number of nitrogens with one attached hydrogen (secondary N) is 3. The van der Waals surface area contributed by atoms with Gasteiger partial charge in [-0.05, 0) is 36.4 Å². The van der Waals surface area contributed by atoms with Gasteiger partial charge in [-0.3, -0.25) is 4.98 Å². The van der Waals surface area contributed by atoms with E-state index in [0.717, 1.165) is 17.2 Å². The van der Waals surface area contributed by atoms with Crippen LogP contribution in [0.2, 0.25) is 0 Å². The van der Waals surface area contributed by atoms with Crippen LogP contribution in [0.5, 0.6) is 0 Å². The number of nitrogens with zero attached hydrogens (tertiary/aromatic N) is 2. The summed E-state index contributed by atoms with van der Waals surface area (Å²) in [6, 6.07) is 18.3. The molecule has 0 unspecified atom stereocenters. The molecule has 0 bridgehead atoms. The molecule has 2 amide bonds. The summed E-state index contributed by atoms with van der Waals surface area (Å²) in [5.41, 5.74) is 2.28. The molecule has 0 saturated heterocycles. The van der Waals surface area contributed by atoms with E-state index in [-0.39, 0.29) is 6.03 Å². The average Bonchev–Trinajstić information content (AvgIpc) is 2.63. The monoisotopic (exact) mass is 319 g/mol. The molecule has 3 N–H and O–H groups in total. The number of hydrogen-bond acceptors (Lipinski definition) is 4. The highest BCUT2D eigenvalue weighted by Crippen LogP contribution is 2.12. The number of carbonyl (C=O) groups is 1. The van der Waals surface area contributed by atoms with E-state index in [1.807, 2.05) is 48.5 Å². The predicted molar refractivity (Wildman–Crippen MR) is 94.9 cm³/mol. The smallest absolute Gasteiger partial charge is 0.323 e. The van der Waals surface area contributed by atoms with Crippen LogP contribution in [0.15, 0.2) is 73.1 Å². The van der Waals surface area contributed by atoms with Gasteiger partial charge in [0.25, 0.3) is 0 Å². The number of amides is 2. The van der Waals surface area contributed by atoms with Gasteiger partial charge in [0.2, 0.25) is 0 Å². The second-order valence-corrected chi connectivity index (χ2v) is 5.05. The summed E-state index contributed by atoms with van der Waals surface area (Å²) in [5.74, 6) is 0.717. The number of urea groups is 1. The van der Waals surface area contributed by atoms with Gasteiger partial charge in [-0.2, -0.15) is 0 Å². The van der Waals surface area contributed by atoms with E-state index in [2.05, 4.69) is 25.9 Å². The number of pyridine rings is 2. The number of rotatable bonds is 5. The van der Waals surface area contributed by atoms with Crippen LogP contribution in [0.3, 0.4) is 0 Å². The molecule has 1 aromatic carbocycles.